The number of ether oxygens (including phenoxy) is 1. The number of rotatable bonds is 3. The van der Waals surface area contributed by atoms with E-state index < -0.39 is 0 Å². The number of methoxy groups -OCH3 is 1. The summed E-state index contributed by atoms with van der Waals surface area (Å²) in [4.78, 5) is 10.5. The average Bonchev–Trinajstić information content (AvgIpc) is 1.87. The Kier molecular flexibility index (Phi) is 5.33. The van der Waals surface area contributed by atoms with Gasteiger partial charge in [0.25, 0.3) is 0 Å². The number of esters is 1. The molecule has 0 radical (unpaired) electrons. The van der Waals surface area contributed by atoms with E-state index in [0.717, 1.165) is 0 Å². The number of nitrogens with one attached hydrogen (secondary N) is 1. The van der Waals surface area contributed by atoms with Crippen molar-refractivity contribution in [3.8, 4) is 0 Å². The molecule has 0 rings (SSSR count). The normalized spacial score (nSPS) is 8.60. The predicted molar refractivity (Wildman–Crippen MR) is 46.2 cm³/mol. The zero-order chi connectivity index (χ0) is 7.98. The molecular formula is C5H9NO2S2. The Morgan fingerprint density at radius 3 is 2.80 bits per heavy atom. The van der Waals surface area contributed by atoms with Crippen molar-refractivity contribution in [1.82, 2.24) is 5.32 Å². The van der Waals surface area contributed by atoms with Gasteiger partial charge in [-0.25, -0.2) is 0 Å². The van der Waals surface area contributed by atoms with Gasteiger partial charge in [0.15, 0.2) is 0 Å². The maximum Gasteiger partial charge on any atom is 0.307 e. The van der Waals surface area contributed by atoms with E-state index in [-0.39, 0.29) is 5.97 Å². The summed E-state index contributed by atoms with van der Waals surface area (Å²) in [6, 6.07) is 0. The molecule has 0 unspecified atom stereocenters. The van der Waals surface area contributed by atoms with Crippen LogP contribution in [0, 0.1) is 0 Å². The zero-order valence-corrected chi connectivity index (χ0v) is 7.30. The fourth-order valence-electron chi connectivity index (χ4n) is 0.374. The monoisotopic (exact) mass is 179 g/mol. The lowest BCUT2D eigenvalue weighted by Crippen LogP contribution is -2.20. The van der Waals surface area contributed by atoms with Crippen LogP contribution in [0.3, 0.4) is 0 Å². The number of hydrogen-bond acceptors (Lipinski definition) is 3. The van der Waals surface area contributed by atoms with Crippen LogP contribution in [0.25, 0.3) is 0 Å². The van der Waals surface area contributed by atoms with E-state index in [0.29, 0.717) is 17.3 Å². The number of carbonyl (C=O) groups excluding carboxylic acids is 1. The standard InChI is InChI=1S/C5H9NO2S2/c1-8-4(7)2-3-6-5(9)10/h2-3H2,1H3,(H2,6,9,10). The lowest BCUT2D eigenvalue weighted by atomic mass is 10.4. The summed E-state index contributed by atoms with van der Waals surface area (Å²) in [6.07, 6.45) is 0.317. The van der Waals surface area contributed by atoms with Crippen LogP contribution < -0.4 is 5.32 Å². The van der Waals surface area contributed by atoms with Crippen molar-refractivity contribution >= 4 is 35.1 Å². The van der Waals surface area contributed by atoms with Gasteiger partial charge in [0.1, 0.15) is 4.32 Å². The van der Waals surface area contributed by atoms with E-state index >= 15 is 0 Å². The highest BCUT2D eigenvalue weighted by Crippen LogP contribution is 1.83. The highest BCUT2D eigenvalue weighted by atomic mass is 32.1. The highest BCUT2D eigenvalue weighted by molar-refractivity contribution is 8.11. The van der Waals surface area contributed by atoms with Gasteiger partial charge in [-0.15, -0.1) is 12.6 Å². The molecule has 0 aliphatic carbocycles. The molecule has 1 N–H and O–H groups in total. The number of thiocarbonyl (C=S) groups is 1. The second kappa shape index (κ2) is 5.49. The van der Waals surface area contributed by atoms with Crippen LogP contribution in [-0.2, 0) is 9.53 Å². The van der Waals surface area contributed by atoms with Gasteiger partial charge in [-0.2, -0.15) is 0 Å². The van der Waals surface area contributed by atoms with Gasteiger partial charge in [0.2, 0.25) is 0 Å². The topological polar surface area (TPSA) is 38.3 Å². The smallest absolute Gasteiger partial charge is 0.307 e. The minimum atomic E-state index is -0.253. The quantitative estimate of drug-likeness (QED) is 0.372. The SMILES string of the molecule is COC(=O)CCNC(=S)S. The first-order chi connectivity index (χ1) is 4.66. The lowest BCUT2D eigenvalue weighted by molar-refractivity contribution is -0.140. The second-order valence-corrected chi connectivity index (χ2v) is 2.72. The van der Waals surface area contributed by atoms with Crippen molar-refractivity contribution in [3.05, 3.63) is 0 Å². The minimum absolute atomic E-state index is 0.253. The predicted octanol–water partition coefficient (Wildman–Crippen LogP) is 0.354. The van der Waals surface area contributed by atoms with Gasteiger partial charge in [0.05, 0.1) is 13.5 Å². The molecule has 0 heterocycles. The Morgan fingerprint density at radius 1 is 1.80 bits per heavy atom. The van der Waals surface area contributed by atoms with E-state index in [9.17, 15) is 4.79 Å². The van der Waals surface area contributed by atoms with E-state index in [2.05, 4.69) is 34.9 Å². The molecule has 58 valence electrons. The summed E-state index contributed by atoms with van der Waals surface area (Å²) >= 11 is 8.38. The molecule has 0 fully saturated rings. The summed E-state index contributed by atoms with van der Waals surface area (Å²) in [6.45, 7) is 0.481. The van der Waals surface area contributed by atoms with Gasteiger partial charge < -0.3 is 10.1 Å². The van der Waals surface area contributed by atoms with Crippen molar-refractivity contribution in [2.45, 2.75) is 6.42 Å². The molecule has 0 aromatic rings. The van der Waals surface area contributed by atoms with Gasteiger partial charge in [-0.05, 0) is 0 Å². The van der Waals surface area contributed by atoms with Gasteiger partial charge in [-0.1, -0.05) is 12.2 Å². The average molecular weight is 179 g/mol. The molecule has 0 saturated heterocycles. The molecule has 0 amide bonds. The van der Waals surface area contributed by atoms with Crippen molar-refractivity contribution in [1.29, 1.82) is 0 Å². The third kappa shape index (κ3) is 5.84. The zero-order valence-electron chi connectivity index (χ0n) is 5.59. The first kappa shape index (κ1) is 9.71. The molecule has 0 aromatic heterocycles. The molecule has 0 aliphatic rings. The van der Waals surface area contributed by atoms with Crippen molar-refractivity contribution in [2.24, 2.45) is 0 Å². The van der Waals surface area contributed by atoms with Crippen molar-refractivity contribution < 1.29 is 9.53 Å². The number of thiol groups is 1. The molecule has 5 heteroatoms. The summed E-state index contributed by atoms with van der Waals surface area (Å²) in [5.41, 5.74) is 0. The van der Waals surface area contributed by atoms with E-state index in [1.807, 2.05) is 0 Å². The molecular weight excluding hydrogens is 170 g/mol. The molecule has 0 bridgehead atoms. The van der Waals surface area contributed by atoms with Crippen LogP contribution in [0.5, 0.6) is 0 Å². The van der Waals surface area contributed by atoms with Gasteiger partial charge in [0, 0.05) is 6.54 Å². The van der Waals surface area contributed by atoms with Crippen LogP contribution in [0.1, 0.15) is 6.42 Å². The first-order valence-corrected chi connectivity index (χ1v) is 3.56. The first-order valence-electron chi connectivity index (χ1n) is 2.70. The van der Waals surface area contributed by atoms with E-state index in [1.54, 1.807) is 0 Å². The molecule has 0 aliphatic heterocycles. The summed E-state index contributed by atoms with van der Waals surface area (Å²) in [5.74, 6) is -0.253. The van der Waals surface area contributed by atoms with Gasteiger partial charge >= 0.3 is 5.97 Å². The van der Waals surface area contributed by atoms with E-state index in [1.165, 1.54) is 7.11 Å². The van der Waals surface area contributed by atoms with Crippen molar-refractivity contribution in [2.75, 3.05) is 13.7 Å². The maximum absolute atomic E-state index is 10.5. The highest BCUT2D eigenvalue weighted by Gasteiger charge is 1.97. The van der Waals surface area contributed by atoms with Crippen LogP contribution in [0.4, 0.5) is 0 Å². The third-order valence-corrected chi connectivity index (χ3v) is 1.14. The Labute approximate surface area is 70.5 Å². The van der Waals surface area contributed by atoms with Crippen LogP contribution in [0.15, 0.2) is 0 Å². The van der Waals surface area contributed by atoms with Gasteiger partial charge in [-0.3, -0.25) is 4.79 Å². The minimum Gasteiger partial charge on any atom is -0.469 e. The lowest BCUT2D eigenvalue weighted by Gasteiger charge is -2.00. The number of carbonyl (C=O) groups is 1. The summed E-state index contributed by atoms with van der Waals surface area (Å²) in [5, 5.41) is 2.71. The molecule has 0 spiro atoms. The van der Waals surface area contributed by atoms with Crippen molar-refractivity contribution in [3.63, 3.8) is 0 Å². The Bertz CT molecular complexity index is 138. The van der Waals surface area contributed by atoms with E-state index in [4.69, 9.17) is 0 Å². The summed E-state index contributed by atoms with van der Waals surface area (Å²) in [7, 11) is 1.35. The molecule has 3 nitrogen and oxygen atoms in total. The number of hydrogen-bond donors (Lipinski definition) is 2. The molecule has 0 aromatic carbocycles. The Balaban J connectivity index is 3.20. The maximum atomic E-state index is 10.5. The third-order valence-electron chi connectivity index (χ3n) is 0.833. The fourth-order valence-corrected chi connectivity index (χ4v) is 0.587. The van der Waals surface area contributed by atoms with Crippen LogP contribution in [-0.4, -0.2) is 23.9 Å². The Morgan fingerprint density at radius 2 is 2.40 bits per heavy atom. The van der Waals surface area contributed by atoms with Crippen LogP contribution >= 0.6 is 24.8 Å². The largest absolute Gasteiger partial charge is 0.469 e. The fraction of sp³-hybridized carbons (Fsp3) is 0.600. The van der Waals surface area contributed by atoms with Crippen LogP contribution in [0.2, 0.25) is 0 Å². The molecule has 0 atom stereocenters. The molecule has 10 heavy (non-hydrogen) atoms. The Hall–Kier alpha value is -0.290. The summed E-state index contributed by atoms with van der Waals surface area (Å²) < 4.78 is 4.78. The molecule has 0 saturated carbocycles. The second-order valence-electron chi connectivity index (χ2n) is 1.56.